The average Bonchev–Trinajstić information content (AvgIpc) is 3.30. The molecule has 0 N–H and O–H groups in total. The van der Waals surface area contributed by atoms with Gasteiger partial charge in [-0.1, -0.05) is 19.1 Å². The molecule has 176 valence electrons. The summed E-state index contributed by atoms with van der Waals surface area (Å²) in [5.74, 6) is 0.956. The van der Waals surface area contributed by atoms with Gasteiger partial charge in [0.15, 0.2) is 0 Å². The lowest BCUT2D eigenvalue weighted by Crippen LogP contribution is -2.49. The highest BCUT2D eigenvalue weighted by Crippen LogP contribution is 2.36. The van der Waals surface area contributed by atoms with Crippen LogP contribution in [0.2, 0.25) is 0 Å². The van der Waals surface area contributed by atoms with Crippen LogP contribution in [0.25, 0.3) is 0 Å². The van der Waals surface area contributed by atoms with E-state index < -0.39 is 0 Å². The van der Waals surface area contributed by atoms with Crippen LogP contribution in [0, 0.1) is 5.82 Å². The molecule has 8 heteroatoms. The van der Waals surface area contributed by atoms with E-state index in [9.17, 15) is 9.18 Å². The van der Waals surface area contributed by atoms with Gasteiger partial charge in [-0.3, -0.25) is 9.69 Å². The highest BCUT2D eigenvalue weighted by molar-refractivity contribution is 6.05. The number of likely N-dealkylation sites (N-methyl/N-ethyl adjacent to an activating group) is 1. The molecule has 0 radical (unpaired) electrons. The van der Waals surface area contributed by atoms with Gasteiger partial charge in [-0.2, -0.15) is 5.10 Å². The Balaban J connectivity index is 1.60. The molecule has 1 amide bonds. The third-order valence-electron chi connectivity index (χ3n) is 6.41. The fourth-order valence-corrected chi connectivity index (χ4v) is 4.41. The van der Waals surface area contributed by atoms with Gasteiger partial charge >= 0.3 is 0 Å². The normalized spacial score (nSPS) is 19.5. The molecule has 1 fully saturated rings. The van der Waals surface area contributed by atoms with Gasteiger partial charge < -0.3 is 14.4 Å². The van der Waals surface area contributed by atoms with Gasteiger partial charge in [-0.05, 0) is 36.4 Å². The van der Waals surface area contributed by atoms with Crippen LogP contribution in [0.1, 0.15) is 30.5 Å². The highest BCUT2D eigenvalue weighted by atomic mass is 19.1. The third kappa shape index (κ3) is 5.17. The summed E-state index contributed by atoms with van der Waals surface area (Å²) >= 11 is 0. The second-order valence-electron chi connectivity index (χ2n) is 8.33. The number of rotatable bonds is 7. The predicted molar refractivity (Wildman–Crippen MR) is 125 cm³/mol. The first kappa shape index (κ1) is 23.2. The SMILES string of the molecule is CCN1CCN(CC(=O)N2N=C(c3ccc(OC)cc3OC)CC2c2ccc(F)cc2)CC1. The molecule has 0 aromatic heterocycles. The summed E-state index contributed by atoms with van der Waals surface area (Å²) in [7, 11) is 3.21. The molecular formula is C25H31FN4O3. The van der Waals surface area contributed by atoms with Crippen molar-refractivity contribution < 1.29 is 18.7 Å². The number of nitrogens with zero attached hydrogens (tertiary/aromatic N) is 4. The lowest BCUT2D eigenvalue weighted by atomic mass is 9.97. The Hall–Kier alpha value is -2.97. The molecule has 1 saturated heterocycles. The number of amides is 1. The zero-order valence-corrected chi connectivity index (χ0v) is 19.5. The van der Waals surface area contributed by atoms with Gasteiger partial charge in [0, 0.05) is 44.2 Å². The van der Waals surface area contributed by atoms with Crippen molar-refractivity contribution in [2.45, 2.75) is 19.4 Å². The molecular weight excluding hydrogens is 423 g/mol. The lowest BCUT2D eigenvalue weighted by molar-refractivity contribution is -0.134. The van der Waals surface area contributed by atoms with Crippen molar-refractivity contribution in [1.29, 1.82) is 0 Å². The molecule has 0 bridgehead atoms. The van der Waals surface area contributed by atoms with Crippen molar-refractivity contribution in [3.8, 4) is 11.5 Å². The van der Waals surface area contributed by atoms with E-state index in [0.29, 0.717) is 24.5 Å². The minimum atomic E-state index is -0.304. The number of hydrogen-bond donors (Lipinski definition) is 0. The van der Waals surface area contributed by atoms with Crippen LogP contribution in [0.5, 0.6) is 11.5 Å². The van der Waals surface area contributed by atoms with E-state index in [1.54, 1.807) is 31.4 Å². The summed E-state index contributed by atoms with van der Waals surface area (Å²) in [5.41, 5.74) is 2.43. The predicted octanol–water partition coefficient (Wildman–Crippen LogP) is 3.16. The Labute approximate surface area is 194 Å². The molecule has 7 nitrogen and oxygen atoms in total. The Bertz CT molecular complexity index is 1000. The molecule has 4 rings (SSSR count). The summed E-state index contributed by atoms with van der Waals surface area (Å²) in [6.45, 7) is 7.13. The Kier molecular flexibility index (Phi) is 7.25. The second kappa shape index (κ2) is 10.3. The molecule has 1 atom stereocenters. The van der Waals surface area contributed by atoms with Crippen LogP contribution in [0.4, 0.5) is 4.39 Å². The summed E-state index contributed by atoms with van der Waals surface area (Å²) in [5, 5.41) is 6.32. The number of ether oxygens (including phenoxy) is 2. The summed E-state index contributed by atoms with van der Waals surface area (Å²) in [4.78, 5) is 17.9. The van der Waals surface area contributed by atoms with Crippen molar-refractivity contribution in [3.05, 3.63) is 59.4 Å². The van der Waals surface area contributed by atoms with Gasteiger partial charge in [0.05, 0.1) is 32.5 Å². The first-order chi connectivity index (χ1) is 16.0. The fraction of sp³-hybridized carbons (Fsp3) is 0.440. The summed E-state index contributed by atoms with van der Waals surface area (Å²) < 4.78 is 24.4. The fourth-order valence-electron chi connectivity index (χ4n) is 4.41. The number of piperazine rings is 1. The van der Waals surface area contributed by atoms with Gasteiger partial charge in [-0.25, -0.2) is 9.40 Å². The molecule has 0 saturated carbocycles. The van der Waals surface area contributed by atoms with E-state index in [1.165, 1.54) is 12.1 Å². The molecule has 2 aliphatic rings. The van der Waals surface area contributed by atoms with Crippen molar-refractivity contribution in [3.63, 3.8) is 0 Å². The Morgan fingerprint density at radius 2 is 1.73 bits per heavy atom. The van der Waals surface area contributed by atoms with Gasteiger partial charge in [0.25, 0.3) is 5.91 Å². The zero-order chi connectivity index (χ0) is 23.4. The number of halogens is 1. The van der Waals surface area contributed by atoms with Gasteiger partial charge in [0.2, 0.25) is 0 Å². The van der Waals surface area contributed by atoms with E-state index in [1.807, 2.05) is 18.2 Å². The second-order valence-corrected chi connectivity index (χ2v) is 8.33. The first-order valence-corrected chi connectivity index (χ1v) is 11.3. The van der Waals surface area contributed by atoms with Crippen LogP contribution in [-0.2, 0) is 4.79 Å². The summed E-state index contributed by atoms with van der Waals surface area (Å²) in [6.07, 6.45) is 0.518. The number of hydrogen-bond acceptors (Lipinski definition) is 6. The van der Waals surface area contributed by atoms with Crippen molar-refractivity contribution in [1.82, 2.24) is 14.8 Å². The third-order valence-corrected chi connectivity index (χ3v) is 6.41. The molecule has 1 unspecified atom stereocenters. The van der Waals surface area contributed by atoms with Crippen molar-refractivity contribution in [2.24, 2.45) is 5.10 Å². The van der Waals surface area contributed by atoms with E-state index >= 15 is 0 Å². The quantitative estimate of drug-likeness (QED) is 0.643. The minimum absolute atomic E-state index is 0.0586. The highest BCUT2D eigenvalue weighted by Gasteiger charge is 2.35. The zero-order valence-electron chi connectivity index (χ0n) is 19.5. The van der Waals surface area contributed by atoms with Crippen LogP contribution < -0.4 is 9.47 Å². The average molecular weight is 455 g/mol. The van der Waals surface area contributed by atoms with Crippen LogP contribution in [-0.4, -0.2) is 79.9 Å². The van der Waals surface area contributed by atoms with Crippen molar-refractivity contribution >= 4 is 11.6 Å². The molecule has 0 aliphatic carbocycles. The molecule has 0 spiro atoms. The van der Waals surface area contributed by atoms with E-state index in [-0.39, 0.29) is 17.8 Å². The largest absolute Gasteiger partial charge is 0.497 e. The number of carbonyl (C=O) groups excluding carboxylic acids is 1. The number of benzene rings is 2. The first-order valence-electron chi connectivity index (χ1n) is 11.3. The maximum Gasteiger partial charge on any atom is 0.257 e. The van der Waals surface area contributed by atoms with Crippen LogP contribution in [0.15, 0.2) is 47.6 Å². The van der Waals surface area contributed by atoms with E-state index in [4.69, 9.17) is 14.6 Å². The maximum absolute atomic E-state index is 13.6. The molecule has 2 aromatic carbocycles. The lowest BCUT2D eigenvalue weighted by Gasteiger charge is -2.34. The molecule has 2 heterocycles. The van der Waals surface area contributed by atoms with E-state index in [2.05, 4.69) is 16.7 Å². The molecule has 2 aromatic rings. The standard InChI is InChI=1S/C25H31FN4O3/c1-4-28-11-13-29(14-12-28)17-25(31)30-23(18-5-7-19(26)8-6-18)16-22(27-30)21-10-9-20(32-2)15-24(21)33-3/h5-10,15,23H,4,11-14,16-17H2,1-3H3. The number of carbonyl (C=O) groups is 1. The van der Waals surface area contributed by atoms with Crippen LogP contribution >= 0.6 is 0 Å². The number of hydrazone groups is 1. The monoisotopic (exact) mass is 454 g/mol. The summed E-state index contributed by atoms with van der Waals surface area (Å²) in [6, 6.07) is 11.6. The molecule has 33 heavy (non-hydrogen) atoms. The number of methoxy groups -OCH3 is 2. The van der Waals surface area contributed by atoms with Gasteiger partial charge in [0.1, 0.15) is 17.3 Å². The topological polar surface area (TPSA) is 57.6 Å². The van der Waals surface area contributed by atoms with Crippen LogP contribution in [0.3, 0.4) is 0 Å². The Morgan fingerprint density at radius 3 is 2.36 bits per heavy atom. The van der Waals surface area contributed by atoms with Gasteiger partial charge in [-0.15, -0.1) is 0 Å². The smallest absolute Gasteiger partial charge is 0.257 e. The maximum atomic E-state index is 13.6. The van der Waals surface area contributed by atoms with E-state index in [0.717, 1.165) is 49.6 Å². The minimum Gasteiger partial charge on any atom is -0.497 e. The molecule has 2 aliphatic heterocycles. The van der Waals surface area contributed by atoms with Crippen molar-refractivity contribution in [2.75, 3.05) is 53.5 Å². The Morgan fingerprint density at radius 1 is 1.03 bits per heavy atom.